The number of thiophene rings is 1. The Morgan fingerprint density at radius 1 is 1.11 bits per heavy atom. The third-order valence-corrected chi connectivity index (χ3v) is 4.03. The zero-order chi connectivity index (χ0) is 13.1. The minimum absolute atomic E-state index is 0.222. The fraction of sp³-hybridized carbons (Fsp3) is 0.125. The van der Waals surface area contributed by atoms with E-state index in [0.29, 0.717) is 0 Å². The van der Waals surface area contributed by atoms with E-state index in [1.54, 1.807) is 23.9 Å². The molecular formula is C16H15NOS. The molecule has 3 heteroatoms. The lowest BCUT2D eigenvalue weighted by molar-refractivity contribution is 0.562. The van der Waals surface area contributed by atoms with Gasteiger partial charge < -0.3 is 9.73 Å². The first-order valence-electron chi connectivity index (χ1n) is 6.26. The predicted octanol–water partition coefficient (Wildman–Crippen LogP) is 5.18. The zero-order valence-corrected chi connectivity index (χ0v) is 11.5. The molecule has 0 radical (unpaired) electrons. The monoisotopic (exact) mass is 269 g/mol. The molecule has 0 bridgehead atoms. The van der Waals surface area contributed by atoms with Gasteiger partial charge in [-0.15, -0.1) is 11.3 Å². The average Bonchev–Trinajstić information content (AvgIpc) is 3.13. The highest BCUT2D eigenvalue weighted by Crippen LogP contribution is 2.33. The average molecular weight is 269 g/mol. The van der Waals surface area contributed by atoms with Gasteiger partial charge in [-0.25, -0.2) is 0 Å². The van der Waals surface area contributed by atoms with E-state index in [4.69, 9.17) is 4.42 Å². The summed E-state index contributed by atoms with van der Waals surface area (Å²) in [7, 11) is 0. The van der Waals surface area contributed by atoms with Gasteiger partial charge in [-0.3, -0.25) is 0 Å². The van der Waals surface area contributed by atoms with Crippen molar-refractivity contribution >= 4 is 17.0 Å². The van der Waals surface area contributed by atoms with Gasteiger partial charge in [0.2, 0.25) is 0 Å². The van der Waals surface area contributed by atoms with Gasteiger partial charge in [0.15, 0.2) is 0 Å². The molecule has 3 aromatic rings. The van der Waals surface area contributed by atoms with Crippen LogP contribution in [0, 0.1) is 0 Å². The van der Waals surface area contributed by atoms with Gasteiger partial charge >= 0.3 is 0 Å². The number of para-hydroxylation sites is 1. The Balaban J connectivity index is 1.89. The van der Waals surface area contributed by atoms with Gasteiger partial charge in [0.25, 0.3) is 0 Å². The number of benzene rings is 1. The van der Waals surface area contributed by atoms with Crippen LogP contribution in [0.1, 0.15) is 18.5 Å². The molecule has 2 heterocycles. The Labute approximate surface area is 116 Å². The van der Waals surface area contributed by atoms with Crippen LogP contribution in [0.4, 0.5) is 5.69 Å². The Kier molecular flexibility index (Phi) is 3.38. The van der Waals surface area contributed by atoms with Gasteiger partial charge in [0, 0.05) is 21.7 Å². The molecule has 0 aliphatic heterocycles. The molecule has 2 aromatic heterocycles. The van der Waals surface area contributed by atoms with Gasteiger partial charge in [-0.2, -0.15) is 0 Å². The quantitative estimate of drug-likeness (QED) is 0.706. The van der Waals surface area contributed by atoms with E-state index < -0.39 is 0 Å². The van der Waals surface area contributed by atoms with E-state index in [-0.39, 0.29) is 6.04 Å². The summed E-state index contributed by atoms with van der Waals surface area (Å²) in [5, 5.41) is 5.65. The molecular weight excluding hydrogens is 254 g/mol. The number of hydrogen-bond acceptors (Lipinski definition) is 3. The van der Waals surface area contributed by atoms with Crippen molar-refractivity contribution in [2.75, 3.05) is 5.32 Å². The first-order chi connectivity index (χ1) is 9.34. The number of furan rings is 1. The van der Waals surface area contributed by atoms with Crippen molar-refractivity contribution in [2.24, 2.45) is 0 Å². The predicted molar refractivity (Wildman–Crippen MR) is 80.5 cm³/mol. The van der Waals surface area contributed by atoms with Gasteiger partial charge in [0.05, 0.1) is 18.6 Å². The molecule has 96 valence electrons. The molecule has 0 spiro atoms. The molecule has 0 saturated heterocycles. The summed E-state index contributed by atoms with van der Waals surface area (Å²) in [6, 6.07) is 14.8. The minimum Gasteiger partial charge on any atom is -0.472 e. The molecule has 1 aromatic carbocycles. The molecule has 3 rings (SSSR count). The van der Waals surface area contributed by atoms with E-state index in [1.807, 2.05) is 6.07 Å². The Hall–Kier alpha value is -2.00. The molecule has 0 aliphatic rings. The topological polar surface area (TPSA) is 25.2 Å². The van der Waals surface area contributed by atoms with Crippen molar-refractivity contribution in [3.8, 4) is 10.4 Å². The molecule has 1 unspecified atom stereocenters. The minimum atomic E-state index is 0.222. The molecule has 1 atom stereocenters. The fourth-order valence-electron chi connectivity index (χ4n) is 2.09. The molecule has 0 amide bonds. The standard InChI is InChI=1S/C16H15NOS/c1-12(13-8-9-18-11-13)17-15-6-3-2-5-14(15)16-7-4-10-19-16/h2-12,17H,1H3. The van der Waals surface area contributed by atoms with Gasteiger partial charge in [-0.05, 0) is 30.5 Å². The van der Waals surface area contributed by atoms with Crippen molar-refractivity contribution in [1.82, 2.24) is 0 Å². The summed E-state index contributed by atoms with van der Waals surface area (Å²) in [5.41, 5.74) is 3.55. The first kappa shape index (κ1) is 12.1. The van der Waals surface area contributed by atoms with Crippen LogP contribution in [0.15, 0.2) is 64.8 Å². The van der Waals surface area contributed by atoms with E-state index >= 15 is 0 Å². The number of rotatable bonds is 4. The fourth-order valence-corrected chi connectivity index (χ4v) is 2.86. The van der Waals surface area contributed by atoms with Crippen LogP contribution in [-0.4, -0.2) is 0 Å². The number of hydrogen-bond donors (Lipinski definition) is 1. The lowest BCUT2D eigenvalue weighted by atomic mass is 10.1. The van der Waals surface area contributed by atoms with Crippen molar-refractivity contribution in [3.05, 3.63) is 65.9 Å². The van der Waals surface area contributed by atoms with Crippen LogP contribution >= 0.6 is 11.3 Å². The summed E-state index contributed by atoms with van der Waals surface area (Å²) in [6.45, 7) is 2.13. The highest BCUT2D eigenvalue weighted by atomic mass is 32.1. The Morgan fingerprint density at radius 3 is 2.74 bits per heavy atom. The van der Waals surface area contributed by atoms with Crippen LogP contribution in [0.25, 0.3) is 10.4 Å². The molecule has 0 saturated carbocycles. The second-order valence-electron chi connectivity index (χ2n) is 4.45. The maximum atomic E-state index is 5.14. The Bertz CT molecular complexity index is 629. The van der Waals surface area contributed by atoms with Crippen molar-refractivity contribution in [2.45, 2.75) is 13.0 Å². The number of anilines is 1. The lowest BCUT2D eigenvalue weighted by Crippen LogP contribution is -2.06. The van der Waals surface area contributed by atoms with Crippen molar-refractivity contribution in [1.29, 1.82) is 0 Å². The Morgan fingerprint density at radius 2 is 2.00 bits per heavy atom. The molecule has 0 aliphatic carbocycles. The van der Waals surface area contributed by atoms with E-state index in [1.165, 1.54) is 10.4 Å². The van der Waals surface area contributed by atoms with Crippen molar-refractivity contribution < 1.29 is 4.42 Å². The maximum absolute atomic E-state index is 5.14. The second-order valence-corrected chi connectivity index (χ2v) is 5.39. The maximum Gasteiger partial charge on any atom is 0.0955 e. The molecule has 0 fully saturated rings. The van der Waals surface area contributed by atoms with Crippen LogP contribution in [0.3, 0.4) is 0 Å². The number of nitrogens with one attached hydrogen (secondary N) is 1. The summed E-state index contributed by atoms with van der Waals surface area (Å²) in [6.07, 6.45) is 3.49. The summed E-state index contributed by atoms with van der Waals surface area (Å²) < 4.78 is 5.14. The molecule has 2 nitrogen and oxygen atoms in total. The van der Waals surface area contributed by atoms with Crippen LogP contribution in [-0.2, 0) is 0 Å². The van der Waals surface area contributed by atoms with E-state index in [2.05, 4.69) is 54.0 Å². The van der Waals surface area contributed by atoms with E-state index in [0.717, 1.165) is 11.3 Å². The van der Waals surface area contributed by atoms with Crippen LogP contribution in [0.5, 0.6) is 0 Å². The lowest BCUT2D eigenvalue weighted by Gasteiger charge is -2.16. The third kappa shape index (κ3) is 2.56. The molecule has 1 N–H and O–H groups in total. The summed E-state index contributed by atoms with van der Waals surface area (Å²) in [5.74, 6) is 0. The summed E-state index contributed by atoms with van der Waals surface area (Å²) in [4.78, 5) is 1.28. The van der Waals surface area contributed by atoms with Gasteiger partial charge in [0.1, 0.15) is 0 Å². The SMILES string of the molecule is CC(Nc1ccccc1-c1cccs1)c1ccoc1. The normalized spacial score (nSPS) is 12.3. The molecule has 19 heavy (non-hydrogen) atoms. The first-order valence-corrected chi connectivity index (χ1v) is 7.14. The van der Waals surface area contributed by atoms with E-state index in [9.17, 15) is 0 Å². The third-order valence-electron chi connectivity index (χ3n) is 3.13. The smallest absolute Gasteiger partial charge is 0.0955 e. The van der Waals surface area contributed by atoms with Crippen LogP contribution in [0.2, 0.25) is 0 Å². The van der Waals surface area contributed by atoms with Gasteiger partial charge in [-0.1, -0.05) is 24.3 Å². The largest absolute Gasteiger partial charge is 0.472 e. The highest BCUT2D eigenvalue weighted by molar-refractivity contribution is 7.13. The van der Waals surface area contributed by atoms with Crippen molar-refractivity contribution in [3.63, 3.8) is 0 Å². The van der Waals surface area contributed by atoms with Crippen LogP contribution < -0.4 is 5.32 Å². The summed E-state index contributed by atoms with van der Waals surface area (Å²) >= 11 is 1.76. The second kappa shape index (κ2) is 5.33. The highest BCUT2D eigenvalue weighted by Gasteiger charge is 2.10. The zero-order valence-electron chi connectivity index (χ0n) is 10.7.